The second-order valence-corrected chi connectivity index (χ2v) is 7.24. The smallest absolute Gasteiger partial charge is 0.251 e. The number of hydrogen-bond donors (Lipinski definition) is 2. The summed E-state index contributed by atoms with van der Waals surface area (Å²) < 4.78 is 5.42. The predicted molar refractivity (Wildman–Crippen MR) is 123 cm³/mol. The van der Waals surface area contributed by atoms with E-state index in [1.807, 2.05) is 73.7 Å². The Morgan fingerprint density at radius 2 is 1.57 bits per heavy atom. The highest BCUT2D eigenvalue weighted by Crippen LogP contribution is 2.28. The fourth-order valence-corrected chi connectivity index (χ4v) is 3.52. The number of amides is 1. The topological polar surface area (TPSA) is 50.4 Å². The van der Waals surface area contributed by atoms with Gasteiger partial charge in [-0.1, -0.05) is 66.7 Å². The first-order chi connectivity index (χ1) is 14.6. The summed E-state index contributed by atoms with van der Waals surface area (Å²) in [5.41, 5.74) is 3.47. The summed E-state index contributed by atoms with van der Waals surface area (Å²) in [5, 5.41) is 8.72. The lowest BCUT2D eigenvalue weighted by Gasteiger charge is -2.21. The van der Waals surface area contributed by atoms with Crippen LogP contribution in [0.5, 0.6) is 5.75 Å². The van der Waals surface area contributed by atoms with Gasteiger partial charge in [0.2, 0.25) is 0 Å². The van der Waals surface area contributed by atoms with Crippen LogP contribution in [0.1, 0.15) is 17.2 Å². The normalized spacial score (nSPS) is 11.7. The highest BCUT2D eigenvalue weighted by molar-refractivity contribution is 5.99. The van der Waals surface area contributed by atoms with E-state index in [-0.39, 0.29) is 5.91 Å². The van der Waals surface area contributed by atoms with Crippen LogP contribution in [0, 0.1) is 6.92 Å². The molecule has 0 spiro atoms. The van der Waals surface area contributed by atoms with Crippen molar-refractivity contribution in [2.75, 3.05) is 17.7 Å². The number of carbonyl (C=O) groups is 1. The van der Waals surface area contributed by atoms with Gasteiger partial charge in [0.1, 0.15) is 11.8 Å². The highest BCUT2D eigenvalue weighted by Gasteiger charge is 2.22. The highest BCUT2D eigenvalue weighted by atomic mass is 16.5. The molecule has 0 unspecified atom stereocenters. The van der Waals surface area contributed by atoms with Crippen LogP contribution in [0.2, 0.25) is 0 Å². The number of nitrogens with one attached hydrogen (secondary N) is 2. The van der Waals surface area contributed by atoms with E-state index in [1.54, 1.807) is 7.11 Å². The molecule has 4 aromatic carbocycles. The Kier molecular flexibility index (Phi) is 5.66. The van der Waals surface area contributed by atoms with Gasteiger partial charge in [-0.05, 0) is 53.1 Å². The quantitative estimate of drug-likeness (QED) is 0.423. The second-order valence-electron chi connectivity index (χ2n) is 7.24. The van der Waals surface area contributed by atoms with Gasteiger partial charge < -0.3 is 15.4 Å². The molecule has 0 bridgehead atoms. The monoisotopic (exact) mass is 396 g/mol. The number of fused-ring (bicyclic) bond motifs is 1. The van der Waals surface area contributed by atoms with E-state index < -0.39 is 6.04 Å². The van der Waals surface area contributed by atoms with Gasteiger partial charge >= 0.3 is 0 Å². The molecule has 4 aromatic rings. The van der Waals surface area contributed by atoms with Gasteiger partial charge in [-0.25, -0.2) is 0 Å². The summed E-state index contributed by atoms with van der Waals surface area (Å²) in [6, 6.07) is 29.2. The Morgan fingerprint density at radius 1 is 0.833 bits per heavy atom. The zero-order valence-corrected chi connectivity index (χ0v) is 17.1. The molecule has 30 heavy (non-hydrogen) atoms. The molecule has 1 atom stereocenters. The molecule has 0 heterocycles. The number of carbonyl (C=O) groups excluding carboxylic acids is 1. The third-order valence-corrected chi connectivity index (χ3v) is 5.07. The summed E-state index contributed by atoms with van der Waals surface area (Å²) in [5.74, 6) is 0.477. The molecule has 4 rings (SSSR count). The van der Waals surface area contributed by atoms with E-state index in [1.165, 1.54) is 0 Å². The van der Waals surface area contributed by atoms with Crippen molar-refractivity contribution < 1.29 is 9.53 Å². The van der Waals surface area contributed by atoms with Crippen LogP contribution < -0.4 is 15.4 Å². The van der Waals surface area contributed by atoms with E-state index in [2.05, 4.69) is 34.9 Å². The molecule has 1 amide bonds. The lowest BCUT2D eigenvalue weighted by Crippen LogP contribution is -2.27. The fourth-order valence-electron chi connectivity index (χ4n) is 3.52. The minimum absolute atomic E-state index is 0.154. The number of methoxy groups -OCH3 is 1. The van der Waals surface area contributed by atoms with Gasteiger partial charge in [-0.2, -0.15) is 0 Å². The van der Waals surface area contributed by atoms with Crippen molar-refractivity contribution in [3.8, 4) is 5.75 Å². The summed E-state index contributed by atoms with van der Waals surface area (Å²) in [4.78, 5) is 13.3. The summed E-state index contributed by atoms with van der Waals surface area (Å²) in [6.07, 6.45) is 0. The second kappa shape index (κ2) is 8.70. The predicted octanol–water partition coefficient (Wildman–Crippen LogP) is 5.95. The Hall–Kier alpha value is -3.79. The number of rotatable bonds is 6. The van der Waals surface area contributed by atoms with E-state index >= 15 is 0 Å². The van der Waals surface area contributed by atoms with Crippen LogP contribution in [0.4, 0.5) is 11.4 Å². The third-order valence-electron chi connectivity index (χ3n) is 5.07. The summed E-state index contributed by atoms with van der Waals surface area (Å²) in [6.45, 7) is 1.98. The average molecular weight is 396 g/mol. The van der Waals surface area contributed by atoms with Crippen molar-refractivity contribution in [3.05, 3.63) is 102 Å². The Bertz CT molecular complexity index is 1170. The van der Waals surface area contributed by atoms with Crippen molar-refractivity contribution in [2.24, 2.45) is 0 Å². The number of aryl methyl sites for hydroxylation is 1. The first-order valence-electron chi connectivity index (χ1n) is 9.90. The van der Waals surface area contributed by atoms with Crippen LogP contribution in [0.3, 0.4) is 0 Å². The van der Waals surface area contributed by atoms with E-state index in [9.17, 15) is 4.79 Å². The van der Waals surface area contributed by atoms with Gasteiger partial charge in [0, 0.05) is 5.69 Å². The van der Waals surface area contributed by atoms with Crippen molar-refractivity contribution in [1.29, 1.82) is 0 Å². The zero-order chi connectivity index (χ0) is 20.9. The number of anilines is 2. The Balaban J connectivity index is 1.66. The van der Waals surface area contributed by atoms with Gasteiger partial charge in [0.25, 0.3) is 5.91 Å². The van der Waals surface area contributed by atoms with E-state index in [0.717, 1.165) is 27.6 Å². The first-order valence-corrected chi connectivity index (χ1v) is 9.90. The molecule has 0 aromatic heterocycles. The third kappa shape index (κ3) is 4.28. The molecule has 0 aliphatic heterocycles. The van der Waals surface area contributed by atoms with Gasteiger partial charge in [0.15, 0.2) is 0 Å². The minimum Gasteiger partial charge on any atom is -0.495 e. The molecule has 0 radical (unpaired) electrons. The molecule has 0 fully saturated rings. The van der Waals surface area contributed by atoms with Crippen LogP contribution in [0.25, 0.3) is 10.8 Å². The first kappa shape index (κ1) is 19.5. The standard InChI is InChI=1S/C26H24N2O2/c1-18-12-15-24(30-2)23(16-18)28-26(29)25(20-9-4-3-5-10-20)27-22-14-13-19-8-6-7-11-21(19)17-22/h3-17,25,27H,1-2H3,(H,28,29)/t25-/m0/s1. The molecular formula is C26H24N2O2. The maximum absolute atomic E-state index is 13.3. The van der Waals surface area contributed by atoms with Gasteiger partial charge in [-0.3, -0.25) is 4.79 Å². The fraction of sp³-hybridized carbons (Fsp3) is 0.115. The summed E-state index contributed by atoms with van der Waals surface area (Å²) >= 11 is 0. The molecule has 150 valence electrons. The van der Waals surface area contributed by atoms with Crippen molar-refractivity contribution in [1.82, 2.24) is 0 Å². The molecule has 0 saturated carbocycles. The molecule has 4 nitrogen and oxygen atoms in total. The Morgan fingerprint density at radius 3 is 2.33 bits per heavy atom. The molecular weight excluding hydrogens is 372 g/mol. The molecule has 4 heteroatoms. The average Bonchev–Trinajstić information content (AvgIpc) is 2.78. The maximum Gasteiger partial charge on any atom is 0.251 e. The molecule has 0 aliphatic rings. The molecule has 2 N–H and O–H groups in total. The Labute approximate surface area is 176 Å². The minimum atomic E-state index is -0.558. The molecule has 0 saturated heterocycles. The maximum atomic E-state index is 13.3. The van der Waals surface area contributed by atoms with Crippen LogP contribution in [-0.2, 0) is 4.79 Å². The van der Waals surface area contributed by atoms with E-state index in [0.29, 0.717) is 11.4 Å². The largest absolute Gasteiger partial charge is 0.495 e. The van der Waals surface area contributed by atoms with Crippen molar-refractivity contribution in [3.63, 3.8) is 0 Å². The SMILES string of the molecule is COc1ccc(C)cc1NC(=O)[C@@H](Nc1ccc2ccccc2c1)c1ccccc1. The zero-order valence-electron chi connectivity index (χ0n) is 17.1. The van der Waals surface area contributed by atoms with Crippen LogP contribution >= 0.6 is 0 Å². The van der Waals surface area contributed by atoms with Gasteiger partial charge in [-0.15, -0.1) is 0 Å². The van der Waals surface area contributed by atoms with Gasteiger partial charge in [0.05, 0.1) is 12.8 Å². The lowest BCUT2D eigenvalue weighted by molar-refractivity contribution is -0.117. The van der Waals surface area contributed by atoms with Crippen LogP contribution in [-0.4, -0.2) is 13.0 Å². The van der Waals surface area contributed by atoms with Crippen molar-refractivity contribution >= 4 is 28.1 Å². The lowest BCUT2D eigenvalue weighted by atomic mass is 10.0. The number of hydrogen-bond acceptors (Lipinski definition) is 3. The summed E-state index contributed by atoms with van der Waals surface area (Å²) in [7, 11) is 1.60. The van der Waals surface area contributed by atoms with Crippen LogP contribution in [0.15, 0.2) is 91.0 Å². The van der Waals surface area contributed by atoms with Crippen molar-refractivity contribution in [2.45, 2.75) is 13.0 Å². The van der Waals surface area contributed by atoms with E-state index in [4.69, 9.17) is 4.74 Å². The number of ether oxygens (including phenoxy) is 1. The molecule has 0 aliphatic carbocycles. The number of benzene rings is 4.